The van der Waals surface area contributed by atoms with E-state index in [0.717, 1.165) is 5.57 Å². The molecule has 5 saturated heterocycles. The third-order valence-electron chi connectivity index (χ3n) is 22.3. The van der Waals surface area contributed by atoms with Crippen LogP contribution in [0.25, 0.3) is 0 Å². The Morgan fingerprint density at radius 1 is 0.595 bits per heavy atom. The topological polar surface area (TPSA) is 453 Å². The first-order valence-electron chi connectivity index (χ1n) is 29.4. The number of hydrogen-bond acceptors (Lipinski definition) is 28. The lowest BCUT2D eigenvalue weighted by atomic mass is 9.33. The maximum atomic E-state index is 15.4. The van der Waals surface area contributed by atoms with Gasteiger partial charge in [0.15, 0.2) is 37.6 Å². The van der Waals surface area contributed by atoms with Crippen LogP contribution in [-0.4, -0.2) is 280 Å². The summed E-state index contributed by atoms with van der Waals surface area (Å²) in [7, 11) is 0. The predicted molar refractivity (Wildman–Crippen MR) is 277 cm³/mol. The number of aliphatic hydroxyl groups excluding tert-OH is 16. The lowest BCUT2D eigenvalue weighted by Gasteiger charge is -2.72. The van der Waals surface area contributed by atoms with Gasteiger partial charge in [0.2, 0.25) is 6.29 Å². The average molecular weight is 1210 g/mol. The van der Waals surface area contributed by atoms with Gasteiger partial charge in [-0.05, 0) is 97.7 Å². The molecule has 4 saturated carbocycles. The number of fused-ring (bicyclic) bond motifs is 7. The molecule has 0 spiro atoms. The Kier molecular flexibility index (Phi) is 18.2. The highest BCUT2D eigenvalue weighted by Gasteiger charge is 2.74. The maximum absolute atomic E-state index is 15.4. The van der Waals surface area contributed by atoms with E-state index in [9.17, 15) is 86.8 Å². The van der Waals surface area contributed by atoms with Crippen molar-refractivity contribution in [1.82, 2.24) is 0 Å². The van der Waals surface area contributed by atoms with Crippen LogP contribution < -0.4 is 0 Å². The fraction of sp³-hybridized carbons (Fsp3) is 0.946. The van der Waals surface area contributed by atoms with Gasteiger partial charge < -0.3 is 134 Å². The average Bonchev–Trinajstić information content (AvgIpc) is 0.738. The summed E-state index contributed by atoms with van der Waals surface area (Å²) in [6.07, 6.45) is -34.0. The summed E-state index contributed by atoms with van der Waals surface area (Å²) in [6.45, 7) is 8.07. The molecule has 0 aromatic carbocycles. The van der Waals surface area contributed by atoms with Gasteiger partial charge in [0.1, 0.15) is 84.3 Å². The van der Waals surface area contributed by atoms with Crippen LogP contribution >= 0.6 is 0 Å². The van der Waals surface area contributed by atoms with Gasteiger partial charge >= 0.3 is 5.97 Å². The largest absolute Gasteiger partial charge is 0.432 e. The van der Waals surface area contributed by atoms with E-state index in [4.69, 9.17) is 47.4 Å². The van der Waals surface area contributed by atoms with Gasteiger partial charge in [0.25, 0.3) is 0 Å². The molecule has 84 heavy (non-hydrogen) atoms. The molecular weight excluding hydrogens is 1120 g/mol. The summed E-state index contributed by atoms with van der Waals surface area (Å²) in [5, 5.41) is 187. The van der Waals surface area contributed by atoms with Crippen LogP contribution in [0.15, 0.2) is 11.6 Å². The van der Waals surface area contributed by atoms with Crippen LogP contribution in [0.3, 0.4) is 0 Å². The second kappa shape index (κ2) is 23.4. The molecule has 5 aliphatic carbocycles. The highest BCUT2D eigenvalue weighted by Crippen LogP contribution is 2.76. The summed E-state index contributed by atoms with van der Waals surface area (Å²) in [5.74, 6) is -2.27. The molecule has 10 aliphatic rings. The number of ether oxygens (including phenoxy) is 10. The fourth-order valence-electron chi connectivity index (χ4n) is 17.2. The highest BCUT2D eigenvalue weighted by atomic mass is 16.8. The molecule has 9 fully saturated rings. The molecule has 31 atom stereocenters. The molecule has 0 aromatic rings. The van der Waals surface area contributed by atoms with E-state index >= 15 is 4.79 Å². The number of allylic oxidation sites excluding steroid dienone is 2. The third-order valence-corrected chi connectivity index (χ3v) is 22.3. The minimum Gasteiger partial charge on any atom is -0.432 e. The summed E-state index contributed by atoms with van der Waals surface area (Å²) in [4.78, 5) is 15.4. The SMILES string of the molecule is CC1OC(OC2C(OC(=O)C34CCC(C)(C)CC3C3=CCC5C6(C)CC(O)C(OC7OC(O)C(O)C(O)C7O)C(CO)(CO)C6CCC5(C)C3(C)CC4O)OCC(O)C2O)C(O)C(O)C1OC1OCC(O)C(OC2OCC(O)(CO)C2O)C1O. The third kappa shape index (κ3) is 10.3. The van der Waals surface area contributed by atoms with Crippen molar-refractivity contribution in [2.45, 2.75) is 240 Å². The second-order valence-corrected chi connectivity index (χ2v) is 27.5. The summed E-state index contributed by atoms with van der Waals surface area (Å²) >= 11 is 0. The van der Waals surface area contributed by atoms with Crippen molar-refractivity contribution in [2.75, 3.05) is 39.6 Å². The van der Waals surface area contributed by atoms with Crippen LogP contribution in [0.1, 0.15) is 92.9 Å². The van der Waals surface area contributed by atoms with E-state index < -0.39 is 232 Å². The standard InChI is InChI=1S/C56H90O28/c1-22-38(79-44-37(70)39(27(62)17-75-44)80-48-41(71)55(74,20-59)21-77-48)33(66)36(69)45(78-22)81-40-31(64)26(61)16-76-47(40)84-49(73)56-12-11-50(2,3)13-24(56)23-7-8-28-51(4)14-25(60)42(82-46-35(68)32(65)34(67)43(72)83-46)54(18-57,19-58)29(51)9-10-52(28,5)53(23,6)15-30(56)63/h7,22,24-48,57-72,74H,8-21H2,1-6H3. The first kappa shape index (κ1) is 65.1. The van der Waals surface area contributed by atoms with Gasteiger partial charge in [-0.25, -0.2) is 0 Å². The number of aliphatic hydroxyl groups is 17. The summed E-state index contributed by atoms with van der Waals surface area (Å²) < 4.78 is 58.0. The first-order valence-corrected chi connectivity index (χ1v) is 29.4. The van der Waals surface area contributed by atoms with Crippen LogP contribution in [0, 0.1) is 50.2 Å². The van der Waals surface area contributed by atoms with E-state index in [1.165, 1.54) is 6.92 Å². The summed E-state index contributed by atoms with van der Waals surface area (Å²) in [6, 6.07) is 0. The quantitative estimate of drug-likeness (QED) is 0.0465. The number of esters is 1. The minimum atomic E-state index is -2.08. The van der Waals surface area contributed by atoms with Crippen molar-refractivity contribution < 1.29 is 139 Å². The number of rotatable bonds is 13. The molecule has 5 heterocycles. The van der Waals surface area contributed by atoms with Gasteiger partial charge in [0, 0.05) is 5.41 Å². The van der Waals surface area contributed by atoms with Crippen molar-refractivity contribution in [3.05, 3.63) is 11.6 Å². The molecular formula is C56H90O28. The molecule has 28 nitrogen and oxygen atoms in total. The molecule has 0 radical (unpaired) electrons. The normalized spacial score (nSPS) is 54.5. The highest BCUT2D eigenvalue weighted by molar-refractivity contribution is 5.80. The predicted octanol–water partition coefficient (Wildman–Crippen LogP) is -5.42. The van der Waals surface area contributed by atoms with Crippen molar-refractivity contribution in [3.63, 3.8) is 0 Å². The van der Waals surface area contributed by atoms with Crippen LogP contribution in [0.5, 0.6) is 0 Å². The van der Waals surface area contributed by atoms with Crippen molar-refractivity contribution >= 4 is 5.97 Å². The fourth-order valence-corrected chi connectivity index (χ4v) is 17.2. The first-order chi connectivity index (χ1) is 39.3. The molecule has 0 bridgehead atoms. The van der Waals surface area contributed by atoms with Gasteiger partial charge in [-0.3, -0.25) is 4.79 Å². The smallest absolute Gasteiger partial charge is 0.317 e. The van der Waals surface area contributed by atoms with Crippen LogP contribution in [0.2, 0.25) is 0 Å². The number of carbonyl (C=O) groups excluding carboxylic acids is 1. The molecule has 17 N–H and O–H groups in total. The summed E-state index contributed by atoms with van der Waals surface area (Å²) in [5.41, 5.74) is -6.91. The number of carbonyl (C=O) groups is 1. The van der Waals surface area contributed by atoms with Crippen LogP contribution in [-0.2, 0) is 52.2 Å². The molecule has 10 rings (SSSR count). The van der Waals surface area contributed by atoms with E-state index in [-0.39, 0.29) is 30.6 Å². The molecule has 0 amide bonds. The second-order valence-electron chi connectivity index (χ2n) is 27.5. The molecule has 31 unspecified atom stereocenters. The maximum Gasteiger partial charge on any atom is 0.317 e. The van der Waals surface area contributed by atoms with Crippen molar-refractivity contribution in [3.8, 4) is 0 Å². The van der Waals surface area contributed by atoms with Crippen molar-refractivity contribution in [1.29, 1.82) is 0 Å². The minimum absolute atomic E-state index is 0.0730. The zero-order valence-corrected chi connectivity index (χ0v) is 48.1. The van der Waals surface area contributed by atoms with E-state index in [1.54, 1.807) is 0 Å². The zero-order valence-electron chi connectivity index (χ0n) is 48.1. The Hall–Kier alpha value is -1.83. The monoisotopic (exact) mass is 1210 g/mol. The Bertz CT molecular complexity index is 2370. The lowest BCUT2D eigenvalue weighted by molar-refractivity contribution is -0.373. The molecule has 0 aromatic heterocycles. The Morgan fingerprint density at radius 2 is 1.23 bits per heavy atom. The van der Waals surface area contributed by atoms with Crippen molar-refractivity contribution in [2.24, 2.45) is 50.2 Å². The van der Waals surface area contributed by atoms with Crippen LogP contribution in [0.4, 0.5) is 0 Å². The van der Waals surface area contributed by atoms with Gasteiger partial charge in [-0.1, -0.05) is 46.3 Å². The van der Waals surface area contributed by atoms with E-state index in [1.807, 2.05) is 6.92 Å². The van der Waals surface area contributed by atoms with E-state index in [2.05, 4.69) is 33.8 Å². The van der Waals surface area contributed by atoms with E-state index in [0.29, 0.717) is 32.1 Å². The van der Waals surface area contributed by atoms with Gasteiger partial charge in [0.05, 0.1) is 64.1 Å². The van der Waals surface area contributed by atoms with Gasteiger partial charge in [-0.2, -0.15) is 0 Å². The van der Waals surface area contributed by atoms with Gasteiger partial charge in [-0.15, -0.1) is 0 Å². The Balaban J connectivity index is 0.864. The lowest BCUT2D eigenvalue weighted by Crippen LogP contribution is -2.71. The molecule has 482 valence electrons. The Labute approximate surface area is 485 Å². The Morgan fingerprint density at radius 3 is 1.89 bits per heavy atom. The molecule has 5 aliphatic heterocycles. The number of hydrogen-bond donors (Lipinski definition) is 17. The zero-order chi connectivity index (χ0) is 61.3. The molecule has 28 heteroatoms.